The number of alkyl halides is 3. The highest BCUT2D eigenvalue weighted by molar-refractivity contribution is 5.51. The van der Waals surface area contributed by atoms with E-state index < -0.39 is 12.0 Å². The fraction of sp³-hybridized carbons (Fsp3) is 0.565. The van der Waals surface area contributed by atoms with Crippen LogP contribution in [-0.4, -0.2) is 6.18 Å². The van der Waals surface area contributed by atoms with Gasteiger partial charge in [-0.15, -0.1) is 6.58 Å². The van der Waals surface area contributed by atoms with Crippen molar-refractivity contribution in [1.82, 2.24) is 0 Å². The molecule has 0 aliphatic heterocycles. The standard InChI is InChI=1S/C23H28F4/c1-2-16-3-5-17(6-4-16)18-7-9-19(10-8-18)21-12-11-20(22(24)15-21)13-14-23(25,26)27/h2,11-19H,1,3-10H2/b14-13+. The number of halogens is 4. The summed E-state index contributed by atoms with van der Waals surface area (Å²) >= 11 is 0. The molecule has 0 spiro atoms. The Morgan fingerprint density at radius 1 is 0.889 bits per heavy atom. The van der Waals surface area contributed by atoms with Gasteiger partial charge in [-0.1, -0.05) is 18.2 Å². The van der Waals surface area contributed by atoms with Gasteiger partial charge in [-0.3, -0.25) is 0 Å². The predicted molar refractivity (Wildman–Crippen MR) is 102 cm³/mol. The SMILES string of the molecule is C=CC1CCC(C2CCC(c3ccc(/C=C/C(F)(F)F)c(F)c3)CC2)CC1. The second-order valence-electron chi connectivity index (χ2n) is 8.18. The summed E-state index contributed by atoms with van der Waals surface area (Å²) in [4.78, 5) is 0. The maximum absolute atomic E-state index is 14.2. The number of hydrogen-bond donors (Lipinski definition) is 0. The normalized spacial score (nSPS) is 29.8. The molecule has 0 unspecified atom stereocenters. The highest BCUT2D eigenvalue weighted by Gasteiger charge is 2.31. The van der Waals surface area contributed by atoms with Crippen LogP contribution in [0.3, 0.4) is 0 Å². The Kier molecular flexibility index (Phi) is 6.44. The van der Waals surface area contributed by atoms with Gasteiger partial charge < -0.3 is 0 Å². The van der Waals surface area contributed by atoms with Crippen molar-refractivity contribution in [1.29, 1.82) is 0 Å². The second kappa shape index (κ2) is 8.62. The van der Waals surface area contributed by atoms with Crippen molar-refractivity contribution in [3.8, 4) is 0 Å². The van der Waals surface area contributed by atoms with Crippen molar-refractivity contribution >= 4 is 6.08 Å². The first-order valence-electron chi connectivity index (χ1n) is 10.0. The smallest absolute Gasteiger partial charge is 0.206 e. The lowest BCUT2D eigenvalue weighted by Gasteiger charge is -2.37. The summed E-state index contributed by atoms with van der Waals surface area (Å²) in [6.45, 7) is 3.91. The average molecular weight is 380 g/mol. The van der Waals surface area contributed by atoms with Crippen LogP contribution in [0.1, 0.15) is 68.4 Å². The molecular formula is C23H28F4. The Morgan fingerprint density at radius 3 is 2.00 bits per heavy atom. The Balaban J connectivity index is 1.56. The van der Waals surface area contributed by atoms with Crippen molar-refractivity contribution in [3.63, 3.8) is 0 Å². The van der Waals surface area contributed by atoms with Crippen molar-refractivity contribution in [2.24, 2.45) is 17.8 Å². The molecule has 0 nitrogen and oxygen atoms in total. The fourth-order valence-electron chi connectivity index (χ4n) is 4.89. The fourth-order valence-corrected chi connectivity index (χ4v) is 4.89. The zero-order valence-corrected chi connectivity index (χ0v) is 15.6. The van der Waals surface area contributed by atoms with Crippen LogP contribution in [0.2, 0.25) is 0 Å². The number of rotatable bonds is 4. The van der Waals surface area contributed by atoms with Crippen molar-refractivity contribution < 1.29 is 17.6 Å². The minimum Gasteiger partial charge on any atom is -0.206 e. The van der Waals surface area contributed by atoms with Crippen LogP contribution >= 0.6 is 0 Å². The van der Waals surface area contributed by atoms with E-state index in [1.54, 1.807) is 6.07 Å². The first kappa shape index (κ1) is 20.2. The lowest BCUT2D eigenvalue weighted by molar-refractivity contribution is -0.0790. The van der Waals surface area contributed by atoms with E-state index in [2.05, 4.69) is 12.7 Å². The number of allylic oxidation sites excluding steroid dienone is 2. The Hall–Kier alpha value is -1.58. The highest BCUT2D eigenvalue weighted by atomic mass is 19.4. The largest absolute Gasteiger partial charge is 0.409 e. The van der Waals surface area contributed by atoms with Crippen LogP contribution in [0.25, 0.3) is 6.08 Å². The minimum atomic E-state index is -4.42. The molecule has 0 heterocycles. The molecule has 0 saturated heterocycles. The van der Waals surface area contributed by atoms with Gasteiger partial charge in [-0.2, -0.15) is 13.2 Å². The second-order valence-corrected chi connectivity index (χ2v) is 8.18. The molecule has 0 radical (unpaired) electrons. The topological polar surface area (TPSA) is 0 Å². The summed E-state index contributed by atoms with van der Waals surface area (Å²) < 4.78 is 51.0. The summed E-state index contributed by atoms with van der Waals surface area (Å²) in [6, 6.07) is 4.69. The van der Waals surface area contributed by atoms with Crippen molar-refractivity contribution in [3.05, 3.63) is 53.9 Å². The summed E-state index contributed by atoms with van der Waals surface area (Å²) in [7, 11) is 0. The lowest BCUT2D eigenvalue weighted by Crippen LogP contribution is -2.25. The number of hydrogen-bond acceptors (Lipinski definition) is 0. The van der Waals surface area contributed by atoms with Crippen molar-refractivity contribution in [2.45, 2.75) is 63.5 Å². The van der Waals surface area contributed by atoms with Crippen LogP contribution in [-0.2, 0) is 0 Å². The lowest BCUT2D eigenvalue weighted by atomic mass is 9.68. The summed E-state index contributed by atoms with van der Waals surface area (Å²) in [5.74, 6) is 2.02. The molecule has 0 bridgehead atoms. The van der Waals surface area contributed by atoms with E-state index in [9.17, 15) is 17.6 Å². The Labute approximate surface area is 159 Å². The maximum Gasteiger partial charge on any atom is 0.409 e. The summed E-state index contributed by atoms with van der Waals surface area (Å²) in [6.07, 6.45) is 8.08. The number of benzene rings is 1. The Bertz CT molecular complexity index is 657. The van der Waals surface area contributed by atoms with E-state index in [4.69, 9.17) is 0 Å². The van der Waals surface area contributed by atoms with E-state index in [0.29, 0.717) is 11.8 Å². The Morgan fingerprint density at radius 2 is 1.48 bits per heavy atom. The molecule has 0 N–H and O–H groups in total. The van der Waals surface area contributed by atoms with Crippen LogP contribution in [0.15, 0.2) is 36.9 Å². The molecule has 1 aromatic carbocycles. The van der Waals surface area contributed by atoms with Crippen LogP contribution in [0.5, 0.6) is 0 Å². The predicted octanol–water partition coefficient (Wildman–Crippen LogP) is 7.67. The zero-order valence-electron chi connectivity index (χ0n) is 15.6. The van der Waals surface area contributed by atoms with Gasteiger partial charge >= 0.3 is 6.18 Å². The average Bonchev–Trinajstić information content (AvgIpc) is 2.66. The van der Waals surface area contributed by atoms with Gasteiger partial charge in [-0.25, -0.2) is 4.39 Å². The molecule has 1 aromatic rings. The zero-order chi connectivity index (χ0) is 19.4. The van der Waals surface area contributed by atoms with Crippen LogP contribution < -0.4 is 0 Å². The van der Waals surface area contributed by atoms with Gasteiger partial charge in [0.15, 0.2) is 0 Å². The van der Waals surface area contributed by atoms with Crippen LogP contribution in [0.4, 0.5) is 17.6 Å². The molecule has 2 saturated carbocycles. The summed E-state index contributed by atoms with van der Waals surface area (Å²) in [5.41, 5.74) is 0.911. The highest BCUT2D eigenvalue weighted by Crippen LogP contribution is 2.44. The summed E-state index contributed by atoms with van der Waals surface area (Å²) in [5, 5.41) is 0. The molecule has 148 valence electrons. The van der Waals surface area contributed by atoms with Crippen LogP contribution in [0, 0.1) is 23.6 Å². The molecule has 2 aliphatic rings. The third kappa shape index (κ3) is 5.46. The van der Waals surface area contributed by atoms with E-state index in [1.165, 1.54) is 50.7 Å². The molecule has 0 atom stereocenters. The first-order valence-corrected chi connectivity index (χ1v) is 10.0. The molecule has 0 amide bonds. The monoisotopic (exact) mass is 380 g/mol. The van der Waals surface area contributed by atoms with Crippen molar-refractivity contribution in [2.75, 3.05) is 0 Å². The molecule has 2 aliphatic carbocycles. The first-order chi connectivity index (χ1) is 12.9. The quantitative estimate of drug-likeness (QED) is 0.371. The van der Waals surface area contributed by atoms with Gasteiger partial charge in [0.2, 0.25) is 0 Å². The third-order valence-electron chi connectivity index (χ3n) is 6.54. The van der Waals surface area contributed by atoms with Gasteiger partial charge in [-0.05, 0) is 92.7 Å². The van der Waals surface area contributed by atoms with Gasteiger partial charge in [0.25, 0.3) is 0 Å². The third-order valence-corrected chi connectivity index (χ3v) is 6.54. The van der Waals surface area contributed by atoms with E-state index in [1.807, 2.05) is 0 Å². The van der Waals surface area contributed by atoms with E-state index >= 15 is 0 Å². The molecule has 2 fully saturated rings. The van der Waals surface area contributed by atoms with Gasteiger partial charge in [0.05, 0.1) is 0 Å². The molecule has 3 rings (SSSR count). The van der Waals surface area contributed by atoms with E-state index in [-0.39, 0.29) is 11.6 Å². The van der Waals surface area contributed by atoms with E-state index in [0.717, 1.165) is 36.3 Å². The maximum atomic E-state index is 14.2. The molecule has 4 heteroatoms. The molecule has 27 heavy (non-hydrogen) atoms. The van der Waals surface area contributed by atoms with Gasteiger partial charge in [0.1, 0.15) is 5.82 Å². The molecule has 0 aromatic heterocycles. The van der Waals surface area contributed by atoms with Gasteiger partial charge in [0, 0.05) is 11.6 Å². The molecular weight excluding hydrogens is 352 g/mol. The minimum absolute atomic E-state index is 0.0104.